The van der Waals surface area contributed by atoms with E-state index in [0.717, 1.165) is 55.6 Å². The Morgan fingerprint density at radius 3 is 2.23 bits per heavy atom. The third kappa shape index (κ3) is 4.22. The van der Waals surface area contributed by atoms with E-state index in [2.05, 4.69) is 9.80 Å². The summed E-state index contributed by atoms with van der Waals surface area (Å²) >= 11 is 6.31. The molecule has 6 nitrogen and oxygen atoms in total. The summed E-state index contributed by atoms with van der Waals surface area (Å²) in [5, 5.41) is 0.506. The molecule has 4 heterocycles. The molecule has 0 unspecified atom stereocenters. The predicted molar refractivity (Wildman–Crippen MR) is 124 cm³/mol. The fourth-order valence-corrected chi connectivity index (χ4v) is 5.18. The van der Waals surface area contributed by atoms with Gasteiger partial charge < -0.3 is 14.7 Å². The number of anilines is 2. The van der Waals surface area contributed by atoms with Crippen molar-refractivity contribution >= 4 is 29.3 Å². The van der Waals surface area contributed by atoms with Crippen molar-refractivity contribution in [3.8, 4) is 0 Å². The maximum absolute atomic E-state index is 13.2. The van der Waals surface area contributed by atoms with Crippen LogP contribution in [0.5, 0.6) is 0 Å². The van der Waals surface area contributed by atoms with Crippen LogP contribution in [-0.4, -0.2) is 53.5 Å². The molecule has 2 aromatic rings. The first-order chi connectivity index (χ1) is 15.2. The second-order valence-corrected chi connectivity index (χ2v) is 9.23. The topological polar surface area (TPSA) is 52.6 Å². The van der Waals surface area contributed by atoms with E-state index in [0.29, 0.717) is 23.7 Å². The van der Waals surface area contributed by atoms with Gasteiger partial charge in [-0.1, -0.05) is 23.7 Å². The lowest BCUT2D eigenvalue weighted by molar-refractivity contribution is 0.0734. The molecule has 2 fully saturated rings. The van der Waals surface area contributed by atoms with Gasteiger partial charge >= 0.3 is 0 Å². The van der Waals surface area contributed by atoms with Gasteiger partial charge in [-0.15, -0.1) is 0 Å². The van der Waals surface area contributed by atoms with Crippen LogP contribution in [0.25, 0.3) is 0 Å². The van der Waals surface area contributed by atoms with E-state index < -0.39 is 0 Å². The van der Waals surface area contributed by atoms with Gasteiger partial charge in [-0.05, 0) is 50.7 Å². The summed E-state index contributed by atoms with van der Waals surface area (Å²) in [4.78, 5) is 30.0. The quantitative estimate of drug-likeness (QED) is 0.713. The highest BCUT2D eigenvalue weighted by atomic mass is 35.5. The normalized spacial score (nSPS) is 19.3. The van der Waals surface area contributed by atoms with Gasteiger partial charge in [0.1, 0.15) is 5.82 Å². The second-order valence-electron chi connectivity index (χ2n) is 8.82. The zero-order valence-corrected chi connectivity index (χ0v) is 18.8. The second kappa shape index (κ2) is 9.03. The Hall–Kier alpha value is -2.34. The van der Waals surface area contributed by atoms with Crippen LogP contribution in [-0.2, 0) is 13.0 Å². The summed E-state index contributed by atoms with van der Waals surface area (Å²) < 4.78 is 0. The number of fused-ring (bicyclic) bond motifs is 1. The summed E-state index contributed by atoms with van der Waals surface area (Å²) in [5.74, 6) is 1.91. The molecule has 0 radical (unpaired) electrons. The molecule has 3 aliphatic rings. The molecule has 3 aliphatic heterocycles. The minimum atomic E-state index is -0.0130. The molecule has 164 valence electrons. The van der Waals surface area contributed by atoms with Crippen LogP contribution in [0.15, 0.2) is 24.3 Å². The molecule has 0 saturated carbocycles. The lowest BCUT2D eigenvalue weighted by Crippen LogP contribution is -2.40. The molecule has 1 aromatic heterocycles. The van der Waals surface area contributed by atoms with E-state index in [9.17, 15) is 4.79 Å². The highest BCUT2D eigenvalue weighted by molar-refractivity contribution is 6.33. The molecule has 0 spiro atoms. The number of halogens is 1. The van der Waals surface area contributed by atoms with Crippen LogP contribution in [0.1, 0.15) is 60.1 Å². The van der Waals surface area contributed by atoms with E-state index in [1.807, 2.05) is 23.1 Å². The molecule has 1 amide bonds. The van der Waals surface area contributed by atoms with Crippen LogP contribution in [0.3, 0.4) is 0 Å². The Balaban J connectivity index is 1.48. The molecule has 0 N–H and O–H groups in total. The number of carbonyl (C=O) groups excluding carboxylic acids is 1. The Kier molecular flexibility index (Phi) is 5.99. The molecule has 31 heavy (non-hydrogen) atoms. The smallest absolute Gasteiger partial charge is 0.255 e. The zero-order valence-electron chi connectivity index (χ0n) is 18.0. The number of benzene rings is 1. The van der Waals surface area contributed by atoms with Crippen molar-refractivity contribution in [3.05, 3.63) is 46.1 Å². The monoisotopic (exact) mass is 439 g/mol. The number of amides is 1. The number of carbonyl (C=O) groups is 1. The minimum absolute atomic E-state index is 0.0130. The van der Waals surface area contributed by atoms with Crippen molar-refractivity contribution in [2.45, 2.75) is 51.5 Å². The lowest BCUT2D eigenvalue weighted by atomic mass is 10.0. The molecule has 0 bridgehead atoms. The lowest BCUT2D eigenvalue weighted by Gasteiger charge is -2.36. The van der Waals surface area contributed by atoms with Gasteiger partial charge in [0.2, 0.25) is 5.95 Å². The minimum Gasteiger partial charge on any atom is -0.356 e. The Bertz CT molecular complexity index is 953. The van der Waals surface area contributed by atoms with Gasteiger partial charge in [0.15, 0.2) is 0 Å². The average Bonchev–Trinajstić information content (AvgIpc) is 2.84. The number of nitrogens with zero attached hydrogens (tertiary/aromatic N) is 5. The summed E-state index contributed by atoms with van der Waals surface area (Å²) in [6.45, 7) is 5.34. The number of hydrogen-bond donors (Lipinski definition) is 0. The van der Waals surface area contributed by atoms with Gasteiger partial charge in [0.05, 0.1) is 22.8 Å². The van der Waals surface area contributed by atoms with Crippen molar-refractivity contribution in [1.82, 2.24) is 14.9 Å². The van der Waals surface area contributed by atoms with Crippen molar-refractivity contribution in [1.29, 1.82) is 0 Å². The molecular weight excluding hydrogens is 410 g/mol. The zero-order chi connectivity index (χ0) is 21.2. The molecule has 5 rings (SSSR count). The largest absolute Gasteiger partial charge is 0.356 e. The molecule has 2 saturated heterocycles. The van der Waals surface area contributed by atoms with E-state index in [1.54, 1.807) is 6.07 Å². The number of hydrogen-bond acceptors (Lipinski definition) is 5. The van der Waals surface area contributed by atoms with E-state index >= 15 is 0 Å². The number of piperidine rings is 2. The van der Waals surface area contributed by atoms with E-state index in [-0.39, 0.29) is 5.91 Å². The highest BCUT2D eigenvalue weighted by Gasteiger charge is 2.30. The predicted octanol–water partition coefficient (Wildman–Crippen LogP) is 4.31. The van der Waals surface area contributed by atoms with Gasteiger partial charge in [0.25, 0.3) is 5.91 Å². The first-order valence-electron chi connectivity index (χ1n) is 11.6. The summed E-state index contributed by atoms with van der Waals surface area (Å²) in [5.41, 5.74) is 2.80. The number of aromatic nitrogens is 2. The highest BCUT2D eigenvalue weighted by Crippen LogP contribution is 2.32. The first kappa shape index (κ1) is 20.6. The average molecular weight is 440 g/mol. The van der Waals surface area contributed by atoms with Gasteiger partial charge in [0, 0.05) is 44.7 Å². The van der Waals surface area contributed by atoms with Crippen LogP contribution >= 0.6 is 11.6 Å². The standard InChI is InChI=1S/C24H30ClN5O/c25-20-10-4-3-9-18(20)23(31)30-16-11-21-19(17-30)22(28-12-5-1-6-13-28)27-24(26-21)29-14-7-2-8-15-29/h3-4,9-10H,1-2,5-8,11-17H2. The van der Waals surface area contributed by atoms with Crippen LogP contribution in [0.2, 0.25) is 5.02 Å². The maximum Gasteiger partial charge on any atom is 0.255 e. The molecule has 0 atom stereocenters. The van der Waals surface area contributed by atoms with Crippen LogP contribution in [0, 0.1) is 0 Å². The summed E-state index contributed by atoms with van der Waals surface area (Å²) in [6.07, 6.45) is 8.13. The Morgan fingerprint density at radius 1 is 0.839 bits per heavy atom. The Labute approximate surface area is 189 Å². The van der Waals surface area contributed by atoms with Crippen molar-refractivity contribution in [2.24, 2.45) is 0 Å². The Morgan fingerprint density at radius 2 is 1.52 bits per heavy atom. The summed E-state index contributed by atoms with van der Waals surface area (Å²) in [7, 11) is 0. The van der Waals surface area contributed by atoms with Gasteiger partial charge in [-0.3, -0.25) is 4.79 Å². The van der Waals surface area contributed by atoms with E-state index in [4.69, 9.17) is 21.6 Å². The maximum atomic E-state index is 13.2. The van der Waals surface area contributed by atoms with E-state index in [1.165, 1.54) is 38.5 Å². The van der Waals surface area contributed by atoms with Crippen LogP contribution in [0.4, 0.5) is 11.8 Å². The first-order valence-corrected chi connectivity index (χ1v) is 12.0. The molecular formula is C24H30ClN5O. The van der Waals surface area contributed by atoms with Crippen molar-refractivity contribution in [3.63, 3.8) is 0 Å². The third-order valence-corrected chi connectivity index (χ3v) is 7.04. The molecule has 7 heteroatoms. The molecule has 0 aliphatic carbocycles. The number of rotatable bonds is 3. The van der Waals surface area contributed by atoms with Crippen molar-refractivity contribution < 1.29 is 4.79 Å². The van der Waals surface area contributed by atoms with Gasteiger partial charge in [-0.25, -0.2) is 4.98 Å². The van der Waals surface area contributed by atoms with Crippen LogP contribution < -0.4 is 9.80 Å². The molecule has 1 aromatic carbocycles. The SMILES string of the molecule is O=C(c1ccccc1Cl)N1CCc2nc(N3CCCCC3)nc(N3CCCCC3)c2C1. The third-order valence-electron chi connectivity index (χ3n) is 6.71. The fraction of sp³-hybridized carbons (Fsp3) is 0.542. The summed E-state index contributed by atoms with van der Waals surface area (Å²) in [6, 6.07) is 7.31. The van der Waals surface area contributed by atoms with Crippen molar-refractivity contribution in [2.75, 3.05) is 42.5 Å². The van der Waals surface area contributed by atoms with Gasteiger partial charge in [-0.2, -0.15) is 4.98 Å². The fourth-order valence-electron chi connectivity index (χ4n) is 4.96.